The van der Waals surface area contributed by atoms with Crippen LogP contribution in [0.25, 0.3) is 0 Å². The summed E-state index contributed by atoms with van der Waals surface area (Å²) in [6.45, 7) is 1.79. The second-order valence-electron chi connectivity index (χ2n) is 3.69. The molecule has 1 aromatic rings. The summed E-state index contributed by atoms with van der Waals surface area (Å²) in [4.78, 5) is 2.24. The number of benzene rings is 1. The maximum atomic E-state index is 12.8. The minimum absolute atomic E-state index is 0.246. The van der Waals surface area contributed by atoms with Crippen molar-refractivity contribution in [3.8, 4) is 5.75 Å². The van der Waals surface area contributed by atoms with Crippen molar-refractivity contribution in [3.63, 3.8) is 0 Å². The zero-order valence-corrected chi connectivity index (χ0v) is 8.24. The zero-order chi connectivity index (χ0) is 9.97. The third-order valence-electron chi connectivity index (χ3n) is 2.68. The molecule has 0 aromatic heterocycles. The van der Waals surface area contributed by atoms with E-state index in [2.05, 4.69) is 11.9 Å². The van der Waals surface area contributed by atoms with E-state index < -0.39 is 0 Å². The van der Waals surface area contributed by atoms with Crippen LogP contribution in [-0.4, -0.2) is 31.1 Å². The van der Waals surface area contributed by atoms with Crippen molar-refractivity contribution in [2.45, 2.75) is 12.5 Å². The Morgan fingerprint density at radius 1 is 1.57 bits per heavy atom. The predicted octanol–water partition coefficient (Wildman–Crippen LogP) is 1.91. The Morgan fingerprint density at radius 2 is 2.43 bits per heavy atom. The van der Waals surface area contributed by atoms with E-state index in [4.69, 9.17) is 4.74 Å². The highest BCUT2D eigenvalue weighted by Crippen LogP contribution is 2.17. The fourth-order valence-corrected chi connectivity index (χ4v) is 1.53. The van der Waals surface area contributed by atoms with Gasteiger partial charge in [-0.2, -0.15) is 0 Å². The van der Waals surface area contributed by atoms with Crippen LogP contribution in [-0.2, 0) is 0 Å². The molecule has 0 N–H and O–H groups in total. The van der Waals surface area contributed by atoms with Gasteiger partial charge in [-0.1, -0.05) is 6.07 Å². The Bertz CT molecular complexity index is 316. The van der Waals surface area contributed by atoms with Gasteiger partial charge in [-0.25, -0.2) is 4.39 Å². The van der Waals surface area contributed by atoms with Crippen LogP contribution in [0.4, 0.5) is 4.39 Å². The molecule has 2 nitrogen and oxygen atoms in total. The van der Waals surface area contributed by atoms with Gasteiger partial charge in [0.15, 0.2) is 0 Å². The summed E-state index contributed by atoms with van der Waals surface area (Å²) < 4.78 is 18.3. The first-order valence-electron chi connectivity index (χ1n) is 4.84. The molecule has 0 bridgehead atoms. The van der Waals surface area contributed by atoms with Gasteiger partial charge < -0.3 is 4.74 Å². The van der Waals surface area contributed by atoms with Crippen LogP contribution >= 0.6 is 0 Å². The zero-order valence-electron chi connectivity index (χ0n) is 8.24. The number of likely N-dealkylation sites (N-methyl/N-ethyl adjacent to an activating group) is 1. The summed E-state index contributed by atoms with van der Waals surface area (Å²) in [6, 6.07) is 6.77. The lowest BCUT2D eigenvalue weighted by molar-refractivity contribution is 0.0768. The summed E-state index contributed by atoms with van der Waals surface area (Å²) in [5.41, 5.74) is 0. The molecule has 1 atom stereocenters. The number of hydrogen-bond donors (Lipinski definition) is 0. The summed E-state index contributed by atoms with van der Waals surface area (Å²) in [6.07, 6.45) is 1.17. The van der Waals surface area contributed by atoms with Gasteiger partial charge in [0.25, 0.3) is 0 Å². The van der Waals surface area contributed by atoms with Gasteiger partial charge in [0, 0.05) is 12.1 Å². The van der Waals surface area contributed by atoms with Crippen molar-refractivity contribution in [1.82, 2.24) is 4.90 Å². The number of likely N-dealkylation sites (tertiary alicyclic amines) is 1. The Kier molecular flexibility index (Phi) is 2.68. The fourth-order valence-electron chi connectivity index (χ4n) is 1.53. The van der Waals surface area contributed by atoms with Gasteiger partial charge in [-0.05, 0) is 32.1 Å². The van der Waals surface area contributed by atoms with Crippen molar-refractivity contribution in [1.29, 1.82) is 0 Å². The Balaban J connectivity index is 1.85. The highest BCUT2D eigenvalue weighted by Gasteiger charge is 2.24. The summed E-state index contributed by atoms with van der Waals surface area (Å²) in [5.74, 6) is 0.370. The maximum absolute atomic E-state index is 12.8. The summed E-state index contributed by atoms with van der Waals surface area (Å²) >= 11 is 0. The molecule has 14 heavy (non-hydrogen) atoms. The number of nitrogens with zero attached hydrogens (tertiary/aromatic N) is 1. The lowest BCUT2D eigenvalue weighted by Gasteiger charge is -2.37. The Morgan fingerprint density at radius 3 is 3.00 bits per heavy atom. The Hall–Kier alpha value is -1.09. The van der Waals surface area contributed by atoms with Crippen LogP contribution in [0.1, 0.15) is 6.42 Å². The van der Waals surface area contributed by atoms with E-state index in [9.17, 15) is 4.39 Å². The van der Waals surface area contributed by atoms with Gasteiger partial charge in [0.05, 0.1) is 0 Å². The number of halogens is 1. The van der Waals surface area contributed by atoms with Crippen LogP contribution in [0, 0.1) is 5.82 Å². The molecule has 3 heteroatoms. The van der Waals surface area contributed by atoms with E-state index in [-0.39, 0.29) is 5.82 Å². The topological polar surface area (TPSA) is 12.5 Å². The third kappa shape index (κ3) is 2.04. The molecule has 1 aromatic carbocycles. The van der Waals surface area contributed by atoms with E-state index in [1.165, 1.54) is 18.6 Å². The molecular weight excluding hydrogens is 181 g/mol. The summed E-state index contributed by atoms with van der Waals surface area (Å²) in [7, 11) is 2.07. The normalized spacial score (nSPS) is 21.7. The number of ether oxygens (including phenoxy) is 1. The van der Waals surface area contributed by atoms with Crippen molar-refractivity contribution >= 4 is 0 Å². The lowest BCUT2D eigenvalue weighted by Crippen LogP contribution is -2.48. The standard InChI is InChI=1S/C11H14FNO/c1-13-6-5-10(13)8-14-11-4-2-3-9(12)7-11/h2-4,7,10H,5-6,8H2,1H3/t10-/m0/s1. The van der Waals surface area contributed by atoms with Crippen LogP contribution in [0.2, 0.25) is 0 Å². The molecule has 1 fully saturated rings. The molecule has 2 rings (SSSR count). The summed E-state index contributed by atoms with van der Waals surface area (Å²) in [5, 5.41) is 0. The highest BCUT2D eigenvalue weighted by atomic mass is 19.1. The largest absolute Gasteiger partial charge is 0.492 e. The van der Waals surface area contributed by atoms with Crippen LogP contribution in [0.15, 0.2) is 24.3 Å². The SMILES string of the molecule is CN1CC[C@H]1COc1cccc(F)c1. The number of rotatable bonds is 3. The highest BCUT2D eigenvalue weighted by molar-refractivity contribution is 5.22. The van der Waals surface area contributed by atoms with Crippen molar-refractivity contribution in [3.05, 3.63) is 30.1 Å². The molecule has 0 spiro atoms. The van der Waals surface area contributed by atoms with E-state index in [1.54, 1.807) is 12.1 Å². The molecule has 0 amide bonds. The van der Waals surface area contributed by atoms with E-state index in [0.29, 0.717) is 18.4 Å². The van der Waals surface area contributed by atoms with Crippen LogP contribution in [0.5, 0.6) is 5.75 Å². The molecule has 1 aliphatic rings. The fraction of sp³-hybridized carbons (Fsp3) is 0.455. The minimum Gasteiger partial charge on any atom is -0.492 e. The number of hydrogen-bond acceptors (Lipinski definition) is 2. The van der Waals surface area contributed by atoms with E-state index in [0.717, 1.165) is 6.54 Å². The van der Waals surface area contributed by atoms with Crippen molar-refractivity contribution in [2.75, 3.05) is 20.2 Å². The third-order valence-corrected chi connectivity index (χ3v) is 2.68. The van der Waals surface area contributed by atoms with Gasteiger partial charge in [-0.3, -0.25) is 4.90 Å². The predicted molar refractivity (Wildman–Crippen MR) is 52.9 cm³/mol. The lowest BCUT2D eigenvalue weighted by atomic mass is 10.1. The second-order valence-corrected chi connectivity index (χ2v) is 3.69. The van der Waals surface area contributed by atoms with Gasteiger partial charge >= 0.3 is 0 Å². The molecule has 0 aliphatic carbocycles. The molecule has 1 saturated heterocycles. The molecule has 1 aliphatic heterocycles. The van der Waals surface area contributed by atoms with Gasteiger partial charge in [-0.15, -0.1) is 0 Å². The second kappa shape index (κ2) is 3.96. The molecule has 1 heterocycles. The van der Waals surface area contributed by atoms with Crippen molar-refractivity contribution in [2.24, 2.45) is 0 Å². The van der Waals surface area contributed by atoms with E-state index in [1.807, 2.05) is 0 Å². The monoisotopic (exact) mass is 195 g/mol. The first kappa shape index (κ1) is 9.46. The Labute approximate surface area is 83.3 Å². The maximum Gasteiger partial charge on any atom is 0.126 e. The molecule has 0 unspecified atom stereocenters. The van der Waals surface area contributed by atoms with Gasteiger partial charge in [0.1, 0.15) is 18.2 Å². The average Bonchev–Trinajstić information content (AvgIpc) is 2.16. The molecular formula is C11H14FNO. The van der Waals surface area contributed by atoms with Crippen LogP contribution in [0.3, 0.4) is 0 Å². The first-order chi connectivity index (χ1) is 6.75. The average molecular weight is 195 g/mol. The molecule has 0 saturated carbocycles. The minimum atomic E-state index is -0.246. The smallest absolute Gasteiger partial charge is 0.126 e. The van der Waals surface area contributed by atoms with Crippen molar-refractivity contribution < 1.29 is 9.13 Å². The van der Waals surface area contributed by atoms with E-state index >= 15 is 0 Å². The van der Waals surface area contributed by atoms with Gasteiger partial charge in [0.2, 0.25) is 0 Å². The first-order valence-corrected chi connectivity index (χ1v) is 4.84. The molecule has 0 radical (unpaired) electrons. The quantitative estimate of drug-likeness (QED) is 0.730. The molecule has 76 valence electrons. The van der Waals surface area contributed by atoms with Crippen LogP contribution < -0.4 is 4.74 Å².